The van der Waals surface area contributed by atoms with E-state index in [4.69, 9.17) is 10.1 Å². The molecule has 0 spiro atoms. The summed E-state index contributed by atoms with van der Waals surface area (Å²) in [7, 11) is 0. The Kier molecular flexibility index (Phi) is 5.21. The lowest BCUT2D eigenvalue weighted by Gasteiger charge is -2.18. The van der Waals surface area contributed by atoms with Crippen LogP contribution in [0, 0.1) is 27.7 Å². The highest BCUT2D eigenvalue weighted by molar-refractivity contribution is 5.89. The van der Waals surface area contributed by atoms with Crippen LogP contribution in [0.3, 0.4) is 0 Å². The van der Waals surface area contributed by atoms with E-state index in [1.54, 1.807) is 0 Å². The lowest BCUT2D eigenvalue weighted by atomic mass is 9.87. The van der Waals surface area contributed by atoms with Gasteiger partial charge in [-0.25, -0.2) is 4.98 Å². The van der Waals surface area contributed by atoms with Gasteiger partial charge in [0, 0.05) is 17.6 Å². The van der Waals surface area contributed by atoms with Crippen LogP contribution in [-0.4, -0.2) is 19.2 Å². The number of nitrogens with zero attached hydrogens (tertiary/aromatic N) is 4. The Morgan fingerprint density at radius 2 is 1.63 bits per heavy atom. The number of benzene rings is 1. The Morgan fingerprint density at radius 1 is 0.933 bits per heavy atom. The first-order chi connectivity index (χ1) is 14.3. The second-order valence-corrected chi connectivity index (χ2v) is 9.02. The molecule has 0 radical (unpaired) electrons. The summed E-state index contributed by atoms with van der Waals surface area (Å²) < 4.78 is 4.49. The zero-order valence-corrected chi connectivity index (χ0v) is 19.7. The SMILES string of the molecule is CCC(CC)n1ccc2c(C)nc3c(-c4c(C)cc(C)cc4C(C)C)c(C)nn3c21. The van der Waals surface area contributed by atoms with Crippen LogP contribution in [0.4, 0.5) is 0 Å². The van der Waals surface area contributed by atoms with Crippen molar-refractivity contribution >= 4 is 16.7 Å². The molecule has 4 aromatic rings. The lowest BCUT2D eigenvalue weighted by Crippen LogP contribution is -2.09. The molecule has 4 rings (SSSR count). The molecule has 3 heterocycles. The molecule has 158 valence electrons. The molecule has 0 unspecified atom stereocenters. The molecule has 0 saturated carbocycles. The number of aryl methyl sites for hydroxylation is 4. The molecule has 0 aliphatic heterocycles. The van der Waals surface area contributed by atoms with Crippen LogP contribution in [0.2, 0.25) is 0 Å². The van der Waals surface area contributed by atoms with E-state index in [0.29, 0.717) is 12.0 Å². The van der Waals surface area contributed by atoms with Gasteiger partial charge in [0.05, 0.1) is 17.0 Å². The fourth-order valence-electron chi connectivity index (χ4n) is 5.00. The topological polar surface area (TPSA) is 35.1 Å². The maximum absolute atomic E-state index is 5.08. The van der Waals surface area contributed by atoms with Crippen molar-refractivity contribution in [1.29, 1.82) is 0 Å². The van der Waals surface area contributed by atoms with Crippen molar-refractivity contribution in [3.63, 3.8) is 0 Å². The molecule has 1 aromatic carbocycles. The van der Waals surface area contributed by atoms with E-state index in [-0.39, 0.29) is 0 Å². The van der Waals surface area contributed by atoms with Crippen molar-refractivity contribution in [2.24, 2.45) is 0 Å². The fourth-order valence-corrected chi connectivity index (χ4v) is 5.00. The van der Waals surface area contributed by atoms with E-state index in [2.05, 4.69) is 88.9 Å². The summed E-state index contributed by atoms with van der Waals surface area (Å²) in [6, 6.07) is 7.27. The van der Waals surface area contributed by atoms with Crippen LogP contribution in [0.25, 0.3) is 27.8 Å². The van der Waals surface area contributed by atoms with Crippen molar-refractivity contribution in [3.8, 4) is 11.1 Å². The predicted molar refractivity (Wildman–Crippen MR) is 127 cm³/mol. The first-order valence-electron chi connectivity index (χ1n) is 11.3. The zero-order valence-electron chi connectivity index (χ0n) is 19.7. The van der Waals surface area contributed by atoms with Crippen LogP contribution >= 0.6 is 0 Å². The average Bonchev–Trinajstić information content (AvgIpc) is 3.25. The van der Waals surface area contributed by atoms with Crippen LogP contribution < -0.4 is 0 Å². The third kappa shape index (κ3) is 3.05. The molecular weight excluding hydrogens is 368 g/mol. The van der Waals surface area contributed by atoms with Gasteiger partial charge in [-0.05, 0) is 69.2 Å². The maximum Gasteiger partial charge on any atom is 0.165 e. The minimum Gasteiger partial charge on any atom is -0.329 e. The van der Waals surface area contributed by atoms with E-state index in [9.17, 15) is 0 Å². The zero-order chi connectivity index (χ0) is 21.7. The first kappa shape index (κ1) is 20.6. The van der Waals surface area contributed by atoms with Crippen molar-refractivity contribution in [2.45, 2.75) is 80.2 Å². The standard InChI is InChI=1S/C26H34N4/c1-9-20(10-2)29-12-11-21-18(7)27-25-24(19(8)28-30(25)26(21)29)23-17(6)13-16(5)14-22(23)15(3)4/h11-15,20H,9-10H2,1-8H3. The molecule has 4 heteroatoms. The number of hydrogen-bond acceptors (Lipinski definition) is 2. The Balaban J connectivity index is 2.13. The lowest BCUT2D eigenvalue weighted by molar-refractivity contribution is 0.480. The fraction of sp³-hybridized carbons (Fsp3) is 0.462. The normalized spacial score (nSPS) is 12.2. The summed E-state index contributed by atoms with van der Waals surface area (Å²) >= 11 is 0. The Labute approximate surface area is 179 Å². The molecule has 0 bridgehead atoms. The molecule has 0 aliphatic rings. The predicted octanol–water partition coefficient (Wildman–Crippen LogP) is 7.07. The van der Waals surface area contributed by atoms with Crippen LogP contribution in [0.5, 0.6) is 0 Å². The first-order valence-corrected chi connectivity index (χ1v) is 11.3. The monoisotopic (exact) mass is 402 g/mol. The number of rotatable bonds is 5. The molecule has 0 N–H and O–H groups in total. The quantitative estimate of drug-likeness (QED) is 0.358. The Hall–Kier alpha value is -2.62. The van der Waals surface area contributed by atoms with Gasteiger partial charge in [-0.2, -0.15) is 9.61 Å². The van der Waals surface area contributed by atoms with Crippen LogP contribution in [0.15, 0.2) is 24.4 Å². The molecule has 3 aromatic heterocycles. The highest BCUT2D eigenvalue weighted by Crippen LogP contribution is 2.38. The van der Waals surface area contributed by atoms with Gasteiger partial charge in [0.1, 0.15) is 5.65 Å². The van der Waals surface area contributed by atoms with Gasteiger partial charge < -0.3 is 4.57 Å². The molecule has 0 fully saturated rings. The van der Waals surface area contributed by atoms with Crippen molar-refractivity contribution in [3.05, 3.63) is 52.5 Å². The maximum atomic E-state index is 5.08. The second kappa shape index (κ2) is 7.57. The molecule has 0 saturated heterocycles. The third-order valence-electron chi connectivity index (χ3n) is 6.51. The number of hydrogen-bond donors (Lipinski definition) is 0. The average molecular weight is 403 g/mol. The summed E-state index contributed by atoms with van der Waals surface area (Å²) in [6.45, 7) is 17.7. The van der Waals surface area contributed by atoms with Crippen molar-refractivity contribution < 1.29 is 0 Å². The summed E-state index contributed by atoms with van der Waals surface area (Å²) in [5.41, 5.74) is 10.7. The van der Waals surface area contributed by atoms with Gasteiger partial charge in [-0.3, -0.25) is 0 Å². The van der Waals surface area contributed by atoms with Gasteiger partial charge in [-0.1, -0.05) is 45.4 Å². The van der Waals surface area contributed by atoms with E-state index in [1.807, 2.05) is 0 Å². The molecule has 0 aliphatic carbocycles. The van der Waals surface area contributed by atoms with E-state index >= 15 is 0 Å². The summed E-state index contributed by atoms with van der Waals surface area (Å²) in [5.74, 6) is 0.436. The van der Waals surface area contributed by atoms with Crippen molar-refractivity contribution in [1.82, 2.24) is 19.2 Å². The minimum absolute atomic E-state index is 0.436. The minimum atomic E-state index is 0.436. The van der Waals surface area contributed by atoms with Crippen LogP contribution in [-0.2, 0) is 0 Å². The van der Waals surface area contributed by atoms with Gasteiger partial charge >= 0.3 is 0 Å². The van der Waals surface area contributed by atoms with E-state index in [0.717, 1.165) is 35.5 Å². The van der Waals surface area contributed by atoms with Gasteiger partial charge in [-0.15, -0.1) is 0 Å². The molecule has 4 nitrogen and oxygen atoms in total. The molecule has 0 amide bonds. The van der Waals surface area contributed by atoms with Gasteiger partial charge in [0.2, 0.25) is 0 Å². The molecule has 30 heavy (non-hydrogen) atoms. The highest BCUT2D eigenvalue weighted by Gasteiger charge is 2.23. The number of fused-ring (bicyclic) bond motifs is 3. The smallest absolute Gasteiger partial charge is 0.165 e. The Morgan fingerprint density at radius 3 is 2.27 bits per heavy atom. The second-order valence-electron chi connectivity index (χ2n) is 9.02. The summed E-state index contributed by atoms with van der Waals surface area (Å²) in [4.78, 5) is 5.08. The Bertz CT molecular complexity index is 1240. The van der Waals surface area contributed by atoms with Crippen LogP contribution in [0.1, 0.15) is 80.6 Å². The summed E-state index contributed by atoms with van der Waals surface area (Å²) in [5, 5.41) is 6.23. The van der Waals surface area contributed by atoms with E-state index in [1.165, 1.54) is 33.2 Å². The molecular formula is C26H34N4. The number of aromatic nitrogens is 4. The third-order valence-corrected chi connectivity index (χ3v) is 6.51. The van der Waals surface area contributed by atoms with E-state index < -0.39 is 0 Å². The summed E-state index contributed by atoms with van der Waals surface area (Å²) in [6.07, 6.45) is 4.42. The van der Waals surface area contributed by atoms with Gasteiger partial charge in [0.25, 0.3) is 0 Å². The highest BCUT2D eigenvalue weighted by atomic mass is 15.3. The largest absolute Gasteiger partial charge is 0.329 e. The van der Waals surface area contributed by atoms with Crippen molar-refractivity contribution in [2.75, 3.05) is 0 Å². The van der Waals surface area contributed by atoms with Gasteiger partial charge in [0.15, 0.2) is 5.65 Å². The molecule has 0 atom stereocenters.